The minimum Gasteiger partial charge on any atom is -0.282 e. The molecular weight excluding hydrogens is 364 g/mol. The van der Waals surface area contributed by atoms with Gasteiger partial charge in [0, 0.05) is 12.3 Å². The fourth-order valence-corrected chi connectivity index (χ4v) is 4.51. The van der Waals surface area contributed by atoms with Crippen LogP contribution in [-0.4, -0.2) is 19.5 Å². The Balaban J connectivity index is 1.71. The third-order valence-corrected chi connectivity index (χ3v) is 5.90. The molecule has 0 aliphatic rings. The van der Waals surface area contributed by atoms with Crippen molar-refractivity contribution in [1.82, 2.24) is 19.5 Å². The first-order valence-corrected chi connectivity index (χ1v) is 9.98. The van der Waals surface area contributed by atoms with E-state index in [0.29, 0.717) is 22.2 Å². The van der Waals surface area contributed by atoms with Crippen LogP contribution in [0.4, 0.5) is 0 Å². The smallest absolute Gasteiger partial charge is 0.272 e. The van der Waals surface area contributed by atoms with Crippen molar-refractivity contribution in [3.63, 3.8) is 0 Å². The van der Waals surface area contributed by atoms with Gasteiger partial charge in [0.05, 0.1) is 27.9 Å². The van der Waals surface area contributed by atoms with Gasteiger partial charge < -0.3 is 0 Å². The fraction of sp³-hybridized carbons (Fsp3) is 0.158. The summed E-state index contributed by atoms with van der Waals surface area (Å²) < 4.78 is 2.35. The van der Waals surface area contributed by atoms with Gasteiger partial charge in [0.2, 0.25) is 0 Å². The van der Waals surface area contributed by atoms with Crippen LogP contribution in [-0.2, 0) is 12.3 Å². The molecule has 5 nitrogen and oxygen atoms in total. The molecule has 0 spiro atoms. The number of thioether (sulfide) groups is 1. The van der Waals surface area contributed by atoms with Crippen molar-refractivity contribution >= 4 is 44.3 Å². The lowest BCUT2D eigenvalue weighted by molar-refractivity contribution is 0.672. The summed E-state index contributed by atoms with van der Waals surface area (Å²) in [4.78, 5) is 26.7. The molecule has 0 amide bonds. The molecule has 130 valence electrons. The standard InChI is InChI=1S/C19H16N4OS2/c1-3-9-23-18(24)17-15(8-10-25-17)22-19(23)26-11-16-12(2)20-13-6-4-5-7-14(13)21-16/h3-8,10H,1,9,11H2,2H3. The molecule has 0 aliphatic carbocycles. The number of thiophene rings is 1. The number of allylic oxidation sites excluding steroid dienone is 1. The van der Waals surface area contributed by atoms with Gasteiger partial charge in [0.1, 0.15) is 4.70 Å². The van der Waals surface area contributed by atoms with E-state index in [1.54, 1.807) is 10.6 Å². The van der Waals surface area contributed by atoms with Gasteiger partial charge in [-0.25, -0.2) is 15.0 Å². The molecule has 1 aromatic carbocycles. The van der Waals surface area contributed by atoms with Gasteiger partial charge in [0.25, 0.3) is 5.56 Å². The molecule has 0 radical (unpaired) electrons. The summed E-state index contributed by atoms with van der Waals surface area (Å²) >= 11 is 2.92. The normalized spacial score (nSPS) is 11.3. The van der Waals surface area contributed by atoms with Gasteiger partial charge >= 0.3 is 0 Å². The van der Waals surface area contributed by atoms with Gasteiger partial charge in [-0.2, -0.15) is 0 Å². The Kier molecular flexibility index (Phi) is 4.57. The summed E-state index contributed by atoms with van der Waals surface area (Å²) in [5.41, 5.74) is 4.28. The molecule has 26 heavy (non-hydrogen) atoms. The molecule has 4 rings (SSSR count). The number of aromatic nitrogens is 4. The van der Waals surface area contributed by atoms with Crippen molar-refractivity contribution in [1.29, 1.82) is 0 Å². The van der Waals surface area contributed by atoms with Gasteiger partial charge in [-0.3, -0.25) is 9.36 Å². The van der Waals surface area contributed by atoms with Crippen LogP contribution in [0.15, 0.2) is 58.3 Å². The number of rotatable bonds is 5. The minimum absolute atomic E-state index is 0.0197. The van der Waals surface area contributed by atoms with Crippen LogP contribution in [0.2, 0.25) is 0 Å². The number of para-hydroxylation sites is 2. The number of hydrogen-bond acceptors (Lipinski definition) is 6. The molecule has 0 saturated heterocycles. The van der Waals surface area contributed by atoms with E-state index in [4.69, 9.17) is 4.98 Å². The first-order chi connectivity index (χ1) is 12.7. The Bertz CT molecular complexity index is 1180. The fourth-order valence-electron chi connectivity index (χ4n) is 2.72. The maximum atomic E-state index is 12.7. The van der Waals surface area contributed by atoms with Crippen molar-refractivity contribution < 1.29 is 0 Å². The lowest BCUT2D eigenvalue weighted by Gasteiger charge is -2.11. The molecule has 0 fully saturated rings. The number of hydrogen-bond donors (Lipinski definition) is 0. The largest absolute Gasteiger partial charge is 0.282 e. The third kappa shape index (κ3) is 3.04. The molecule has 0 saturated carbocycles. The summed E-state index contributed by atoms with van der Waals surface area (Å²) in [5.74, 6) is 0.600. The molecule has 0 atom stereocenters. The minimum atomic E-state index is -0.0197. The molecule has 7 heteroatoms. The summed E-state index contributed by atoms with van der Waals surface area (Å²) in [6.45, 7) is 6.15. The van der Waals surface area contributed by atoms with Crippen LogP contribution in [0.25, 0.3) is 21.3 Å². The van der Waals surface area contributed by atoms with E-state index in [1.165, 1.54) is 23.1 Å². The highest BCUT2D eigenvalue weighted by Gasteiger charge is 2.13. The number of nitrogens with zero attached hydrogens (tertiary/aromatic N) is 4. The van der Waals surface area contributed by atoms with Crippen LogP contribution in [0.1, 0.15) is 11.4 Å². The van der Waals surface area contributed by atoms with Crippen molar-refractivity contribution in [3.8, 4) is 0 Å². The Hall–Kier alpha value is -2.51. The molecule has 4 aromatic rings. The maximum absolute atomic E-state index is 12.7. The van der Waals surface area contributed by atoms with E-state index in [9.17, 15) is 4.79 Å². The van der Waals surface area contributed by atoms with E-state index in [0.717, 1.165) is 27.9 Å². The van der Waals surface area contributed by atoms with Crippen LogP contribution < -0.4 is 5.56 Å². The maximum Gasteiger partial charge on any atom is 0.272 e. The highest BCUT2D eigenvalue weighted by atomic mass is 32.2. The van der Waals surface area contributed by atoms with Gasteiger partial charge in [-0.1, -0.05) is 30.0 Å². The summed E-state index contributed by atoms with van der Waals surface area (Å²) in [5, 5.41) is 2.57. The highest BCUT2D eigenvalue weighted by Crippen LogP contribution is 2.25. The predicted molar refractivity (Wildman–Crippen MR) is 108 cm³/mol. The monoisotopic (exact) mass is 380 g/mol. The van der Waals surface area contributed by atoms with E-state index < -0.39 is 0 Å². The third-order valence-electron chi connectivity index (χ3n) is 4.02. The molecular formula is C19H16N4OS2. The summed E-state index contributed by atoms with van der Waals surface area (Å²) in [6, 6.07) is 9.71. The number of benzene rings is 1. The Morgan fingerprint density at radius 2 is 1.92 bits per heavy atom. The van der Waals surface area contributed by atoms with E-state index in [2.05, 4.69) is 16.5 Å². The van der Waals surface area contributed by atoms with E-state index >= 15 is 0 Å². The van der Waals surface area contributed by atoms with Crippen molar-refractivity contribution in [2.24, 2.45) is 0 Å². The molecule has 0 N–H and O–H groups in total. The second kappa shape index (κ2) is 7.01. The Morgan fingerprint density at radius 3 is 2.69 bits per heavy atom. The average Bonchev–Trinajstić information content (AvgIpc) is 3.11. The summed E-state index contributed by atoms with van der Waals surface area (Å²) in [7, 11) is 0. The predicted octanol–water partition coefficient (Wildman–Crippen LogP) is 4.19. The van der Waals surface area contributed by atoms with Crippen molar-refractivity contribution in [2.75, 3.05) is 0 Å². The SMILES string of the molecule is C=CCn1c(SCc2nc3ccccc3nc2C)nc2ccsc2c1=O. The Labute approximate surface area is 158 Å². The second-order valence-electron chi connectivity index (χ2n) is 5.77. The number of aryl methyl sites for hydroxylation is 1. The Morgan fingerprint density at radius 1 is 1.15 bits per heavy atom. The molecule has 3 aromatic heterocycles. The van der Waals surface area contributed by atoms with Gasteiger partial charge in [-0.15, -0.1) is 17.9 Å². The quantitative estimate of drug-likeness (QED) is 0.295. The van der Waals surface area contributed by atoms with Crippen molar-refractivity contribution in [2.45, 2.75) is 24.4 Å². The van der Waals surface area contributed by atoms with Crippen LogP contribution in [0.3, 0.4) is 0 Å². The molecule has 0 unspecified atom stereocenters. The molecule has 0 aliphatic heterocycles. The van der Waals surface area contributed by atoms with Gasteiger partial charge in [-0.05, 0) is 30.5 Å². The molecule has 3 heterocycles. The second-order valence-corrected chi connectivity index (χ2v) is 7.63. The van der Waals surface area contributed by atoms with E-state index in [1.807, 2.05) is 42.6 Å². The van der Waals surface area contributed by atoms with Crippen molar-refractivity contribution in [3.05, 3.63) is 70.1 Å². The lowest BCUT2D eigenvalue weighted by Crippen LogP contribution is -2.21. The lowest BCUT2D eigenvalue weighted by atomic mass is 10.2. The van der Waals surface area contributed by atoms with Crippen LogP contribution >= 0.6 is 23.1 Å². The zero-order chi connectivity index (χ0) is 18.1. The molecule has 0 bridgehead atoms. The zero-order valence-corrected chi connectivity index (χ0v) is 15.8. The van der Waals surface area contributed by atoms with Gasteiger partial charge in [0.15, 0.2) is 5.16 Å². The van der Waals surface area contributed by atoms with E-state index in [-0.39, 0.29) is 5.56 Å². The highest BCUT2D eigenvalue weighted by molar-refractivity contribution is 7.98. The average molecular weight is 380 g/mol. The number of fused-ring (bicyclic) bond motifs is 2. The first-order valence-electron chi connectivity index (χ1n) is 8.11. The van der Waals surface area contributed by atoms with Crippen LogP contribution in [0, 0.1) is 6.92 Å². The topological polar surface area (TPSA) is 60.7 Å². The summed E-state index contributed by atoms with van der Waals surface area (Å²) in [6.07, 6.45) is 1.72. The van der Waals surface area contributed by atoms with Crippen LogP contribution in [0.5, 0.6) is 0 Å². The first kappa shape index (κ1) is 16.9. The zero-order valence-electron chi connectivity index (χ0n) is 14.2.